The van der Waals surface area contributed by atoms with Gasteiger partial charge in [-0.2, -0.15) is 0 Å². The Morgan fingerprint density at radius 2 is 1.82 bits per heavy atom. The molecule has 0 bridgehead atoms. The molecule has 2 nitrogen and oxygen atoms in total. The third-order valence-corrected chi connectivity index (χ3v) is 4.40. The van der Waals surface area contributed by atoms with E-state index in [4.69, 9.17) is 9.47 Å². The molecule has 1 fully saturated rings. The van der Waals surface area contributed by atoms with Crippen LogP contribution in [0.25, 0.3) is 0 Å². The van der Waals surface area contributed by atoms with Crippen LogP contribution in [0.1, 0.15) is 13.8 Å². The molecule has 1 heterocycles. The zero-order chi connectivity index (χ0) is 12.3. The van der Waals surface area contributed by atoms with Crippen molar-refractivity contribution in [3.8, 4) is 0 Å². The molecule has 0 unspecified atom stereocenters. The molecule has 0 aromatic heterocycles. The normalized spacial score (nSPS) is 20.4. The van der Waals surface area contributed by atoms with Crippen LogP contribution < -0.4 is 0 Å². The highest BCUT2D eigenvalue weighted by molar-refractivity contribution is 9.10. The summed E-state index contributed by atoms with van der Waals surface area (Å²) in [7, 11) is 0. The van der Waals surface area contributed by atoms with Crippen molar-refractivity contribution in [1.82, 2.24) is 0 Å². The van der Waals surface area contributed by atoms with Gasteiger partial charge < -0.3 is 9.47 Å². The lowest BCUT2D eigenvalue weighted by atomic mass is 10.2. The van der Waals surface area contributed by atoms with E-state index in [0.717, 1.165) is 23.4 Å². The predicted molar refractivity (Wildman–Crippen MR) is 74.3 cm³/mol. The molecule has 0 atom stereocenters. The van der Waals surface area contributed by atoms with Crippen molar-refractivity contribution >= 4 is 27.7 Å². The van der Waals surface area contributed by atoms with E-state index in [1.165, 1.54) is 4.90 Å². The van der Waals surface area contributed by atoms with E-state index in [1.807, 2.05) is 25.6 Å². The number of thioether (sulfide) groups is 1. The standard InChI is InChI=1S/C13H17BrO2S/c1-13(2)15-7-10(8-16-13)9-17-12-5-3-11(14)4-6-12/h3-6,10H,7-9H2,1-2H3. The third-order valence-electron chi connectivity index (χ3n) is 2.63. The Morgan fingerprint density at radius 3 is 2.41 bits per heavy atom. The summed E-state index contributed by atoms with van der Waals surface area (Å²) >= 11 is 5.29. The Labute approximate surface area is 115 Å². The Balaban J connectivity index is 1.78. The second kappa shape index (κ2) is 5.74. The maximum atomic E-state index is 5.64. The number of rotatable bonds is 3. The van der Waals surface area contributed by atoms with E-state index < -0.39 is 5.79 Å². The van der Waals surface area contributed by atoms with Crippen molar-refractivity contribution in [2.75, 3.05) is 19.0 Å². The monoisotopic (exact) mass is 316 g/mol. The van der Waals surface area contributed by atoms with Gasteiger partial charge in [-0.1, -0.05) is 15.9 Å². The molecule has 1 saturated heterocycles. The van der Waals surface area contributed by atoms with Gasteiger partial charge in [0.2, 0.25) is 0 Å². The minimum atomic E-state index is -0.404. The van der Waals surface area contributed by atoms with Crippen molar-refractivity contribution in [2.45, 2.75) is 24.5 Å². The molecule has 0 amide bonds. The topological polar surface area (TPSA) is 18.5 Å². The van der Waals surface area contributed by atoms with E-state index >= 15 is 0 Å². The number of halogens is 1. The van der Waals surface area contributed by atoms with Crippen LogP contribution in [0.3, 0.4) is 0 Å². The van der Waals surface area contributed by atoms with Crippen LogP contribution in [-0.4, -0.2) is 24.8 Å². The average Bonchev–Trinajstić information content (AvgIpc) is 2.30. The van der Waals surface area contributed by atoms with Gasteiger partial charge in [0.05, 0.1) is 13.2 Å². The molecule has 1 aromatic rings. The van der Waals surface area contributed by atoms with Gasteiger partial charge in [-0.3, -0.25) is 0 Å². The molecule has 0 saturated carbocycles. The zero-order valence-corrected chi connectivity index (χ0v) is 12.5. The van der Waals surface area contributed by atoms with Gasteiger partial charge in [0.15, 0.2) is 5.79 Å². The van der Waals surface area contributed by atoms with Gasteiger partial charge in [0.1, 0.15) is 0 Å². The number of ether oxygens (including phenoxy) is 2. The molecule has 1 aliphatic rings. The van der Waals surface area contributed by atoms with E-state index in [-0.39, 0.29) is 0 Å². The van der Waals surface area contributed by atoms with E-state index in [9.17, 15) is 0 Å². The third kappa shape index (κ3) is 4.28. The lowest BCUT2D eigenvalue weighted by Crippen LogP contribution is -2.40. The molecule has 4 heteroatoms. The molecule has 2 rings (SSSR count). The van der Waals surface area contributed by atoms with Crippen LogP contribution in [0.5, 0.6) is 0 Å². The molecule has 0 N–H and O–H groups in total. The molecule has 17 heavy (non-hydrogen) atoms. The van der Waals surface area contributed by atoms with Crippen molar-refractivity contribution < 1.29 is 9.47 Å². The quantitative estimate of drug-likeness (QED) is 0.787. The van der Waals surface area contributed by atoms with Crippen LogP contribution in [0.4, 0.5) is 0 Å². The van der Waals surface area contributed by atoms with Crippen LogP contribution in [0, 0.1) is 5.92 Å². The van der Waals surface area contributed by atoms with Gasteiger partial charge in [-0.15, -0.1) is 11.8 Å². The van der Waals surface area contributed by atoms with Crippen molar-refractivity contribution in [3.05, 3.63) is 28.7 Å². The molecule has 94 valence electrons. The number of hydrogen-bond donors (Lipinski definition) is 0. The molecular weight excluding hydrogens is 300 g/mol. The molecule has 1 aliphatic heterocycles. The number of benzene rings is 1. The molecular formula is C13H17BrO2S. The number of hydrogen-bond acceptors (Lipinski definition) is 3. The molecule has 0 spiro atoms. The zero-order valence-electron chi connectivity index (χ0n) is 10.1. The van der Waals surface area contributed by atoms with Crippen LogP contribution in [-0.2, 0) is 9.47 Å². The van der Waals surface area contributed by atoms with E-state index in [1.54, 1.807) is 0 Å². The smallest absolute Gasteiger partial charge is 0.162 e. The fourth-order valence-corrected chi connectivity index (χ4v) is 2.78. The highest BCUT2D eigenvalue weighted by Crippen LogP contribution is 2.27. The van der Waals surface area contributed by atoms with E-state index in [2.05, 4.69) is 40.2 Å². The minimum absolute atomic E-state index is 0.404. The Bertz CT molecular complexity index is 354. The van der Waals surface area contributed by atoms with Gasteiger partial charge >= 0.3 is 0 Å². The molecule has 1 aromatic carbocycles. The largest absolute Gasteiger partial charge is 0.350 e. The molecule has 0 aliphatic carbocycles. The summed E-state index contributed by atoms with van der Waals surface area (Å²) in [5, 5.41) is 0. The van der Waals surface area contributed by atoms with Gasteiger partial charge in [0.25, 0.3) is 0 Å². The second-order valence-electron chi connectivity index (χ2n) is 4.65. The van der Waals surface area contributed by atoms with Crippen LogP contribution in [0.2, 0.25) is 0 Å². The summed E-state index contributed by atoms with van der Waals surface area (Å²) in [5.41, 5.74) is 0. The lowest BCUT2D eigenvalue weighted by Gasteiger charge is -2.34. The first-order chi connectivity index (χ1) is 8.05. The highest BCUT2D eigenvalue weighted by atomic mass is 79.9. The summed E-state index contributed by atoms with van der Waals surface area (Å²) in [6.07, 6.45) is 0. The lowest BCUT2D eigenvalue weighted by molar-refractivity contribution is -0.259. The van der Waals surface area contributed by atoms with Crippen LogP contribution in [0.15, 0.2) is 33.6 Å². The summed E-state index contributed by atoms with van der Waals surface area (Å²) < 4.78 is 12.4. The Hall–Kier alpha value is -0.0300. The highest BCUT2D eigenvalue weighted by Gasteiger charge is 2.28. The van der Waals surface area contributed by atoms with E-state index in [0.29, 0.717) is 5.92 Å². The van der Waals surface area contributed by atoms with Crippen molar-refractivity contribution in [2.24, 2.45) is 5.92 Å². The Kier molecular flexibility index (Phi) is 4.53. The first-order valence-electron chi connectivity index (χ1n) is 5.71. The van der Waals surface area contributed by atoms with Gasteiger partial charge in [0, 0.05) is 21.0 Å². The van der Waals surface area contributed by atoms with Crippen molar-refractivity contribution in [3.63, 3.8) is 0 Å². The first kappa shape index (κ1) is 13.4. The van der Waals surface area contributed by atoms with Crippen molar-refractivity contribution in [1.29, 1.82) is 0 Å². The summed E-state index contributed by atoms with van der Waals surface area (Å²) in [6, 6.07) is 8.39. The summed E-state index contributed by atoms with van der Waals surface area (Å²) in [6.45, 7) is 5.50. The van der Waals surface area contributed by atoms with Crippen LogP contribution >= 0.6 is 27.7 Å². The SMILES string of the molecule is CC1(C)OCC(CSc2ccc(Br)cc2)CO1. The fraction of sp³-hybridized carbons (Fsp3) is 0.538. The fourth-order valence-electron chi connectivity index (χ4n) is 1.57. The van der Waals surface area contributed by atoms with Gasteiger partial charge in [-0.25, -0.2) is 0 Å². The summed E-state index contributed by atoms with van der Waals surface area (Å²) in [4.78, 5) is 1.29. The molecule has 0 radical (unpaired) electrons. The minimum Gasteiger partial charge on any atom is -0.350 e. The summed E-state index contributed by atoms with van der Waals surface area (Å²) in [5.74, 6) is 1.12. The Morgan fingerprint density at radius 1 is 1.24 bits per heavy atom. The average molecular weight is 317 g/mol. The first-order valence-corrected chi connectivity index (χ1v) is 7.49. The maximum absolute atomic E-state index is 5.64. The maximum Gasteiger partial charge on any atom is 0.162 e. The predicted octanol–water partition coefficient (Wildman–Crippen LogP) is 3.94. The van der Waals surface area contributed by atoms with Gasteiger partial charge in [-0.05, 0) is 38.1 Å². The second-order valence-corrected chi connectivity index (χ2v) is 6.66.